The van der Waals surface area contributed by atoms with Crippen molar-refractivity contribution in [2.24, 2.45) is 0 Å². The Bertz CT molecular complexity index is 891. The molecule has 7 heteroatoms. The van der Waals surface area contributed by atoms with Crippen molar-refractivity contribution in [3.8, 4) is 11.5 Å². The van der Waals surface area contributed by atoms with Gasteiger partial charge >= 0.3 is 0 Å². The summed E-state index contributed by atoms with van der Waals surface area (Å²) in [5.74, 6) is 0.789. The third kappa shape index (κ3) is 4.45. The Morgan fingerprint density at radius 2 is 1.72 bits per heavy atom. The fraction of sp³-hybridized carbons (Fsp3) is 0.364. The van der Waals surface area contributed by atoms with Crippen LogP contribution >= 0.6 is 0 Å². The summed E-state index contributed by atoms with van der Waals surface area (Å²) in [6.07, 6.45) is 3.70. The molecule has 2 heterocycles. The zero-order chi connectivity index (χ0) is 20.2. The van der Waals surface area contributed by atoms with Crippen molar-refractivity contribution in [1.82, 2.24) is 0 Å². The summed E-state index contributed by atoms with van der Waals surface area (Å²) >= 11 is 0. The van der Waals surface area contributed by atoms with Crippen LogP contribution in [0.4, 0.5) is 17.1 Å². The number of nitrogens with zero attached hydrogens (tertiary/aromatic N) is 2. The van der Waals surface area contributed by atoms with Gasteiger partial charge in [0.2, 0.25) is 18.6 Å². The molecule has 1 saturated heterocycles. The Kier molecular flexibility index (Phi) is 5.55. The van der Waals surface area contributed by atoms with Gasteiger partial charge in [0, 0.05) is 43.1 Å². The second-order valence-corrected chi connectivity index (χ2v) is 7.29. The normalized spacial score (nSPS) is 15.1. The molecule has 1 N–H and O–H groups in total. The predicted molar refractivity (Wildman–Crippen MR) is 112 cm³/mol. The van der Waals surface area contributed by atoms with Crippen LogP contribution in [0.25, 0.3) is 0 Å². The fourth-order valence-corrected chi connectivity index (χ4v) is 3.70. The molecule has 0 unspecified atom stereocenters. The molecule has 152 valence electrons. The van der Waals surface area contributed by atoms with E-state index >= 15 is 0 Å². The number of rotatable bonds is 5. The minimum atomic E-state index is -0.279. The van der Waals surface area contributed by atoms with E-state index in [0.29, 0.717) is 22.9 Å². The first kappa shape index (κ1) is 19.1. The summed E-state index contributed by atoms with van der Waals surface area (Å²) in [6, 6.07) is 13.1. The first-order valence-corrected chi connectivity index (χ1v) is 9.93. The van der Waals surface area contributed by atoms with Crippen molar-refractivity contribution in [2.45, 2.75) is 26.2 Å². The molecule has 2 aromatic carbocycles. The lowest BCUT2D eigenvalue weighted by Gasteiger charge is -2.29. The Morgan fingerprint density at radius 1 is 1.00 bits per heavy atom. The molecular weight excluding hydrogens is 370 g/mol. The van der Waals surface area contributed by atoms with Crippen LogP contribution in [-0.2, 0) is 9.59 Å². The summed E-state index contributed by atoms with van der Waals surface area (Å²) in [5, 5.41) is 2.81. The molecule has 4 rings (SSSR count). The summed E-state index contributed by atoms with van der Waals surface area (Å²) in [4.78, 5) is 28.5. The molecule has 2 aliphatic rings. The maximum Gasteiger partial charge on any atom is 0.244 e. The maximum atomic E-state index is 12.5. The highest BCUT2D eigenvalue weighted by Gasteiger charge is 2.19. The van der Waals surface area contributed by atoms with Gasteiger partial charge in [-0.2, -0.15) is 0 Å². The van der Waals surface area contributed by atoms with E-state index in [9.17, 15) is 9.59 Å². The standard InChI is InChI=1S/C22H25N3O4/c1-16(26)25(19-8-6-18(7-9-19)24-11-3-2-4-12-24)14-22(27)23-17-5-10-20-21(13-17)29-15-28-20/h5-10,13H,2-4,11-12,14-15H2,1H3,(H,23,27). The van der Waals surface area contributed by atoms with Crippen LogP contribution in [0.5, 0.6) is 11.5 Å². The van der Waals surface area contributed by atoms with Crippen molar-refractivity contribution in [3.63, 3.8) is 0 Å². The lowest BCUT2D eigenvalue weighted by atomic mass is 10.1. The number of anilines is 3. The lowest BCUT2D eigenvalue weighted by Crippen LogP contribution is -2.36. The molecule has 2 amide bonds. The number of carbonyl (C=O) groups excluding carboxylic acids is 2. The van der Waals surface area contributed by atoms with Gasteiger partial charge in [0.25, 0.3) is 0 Å². The average molecular weight is 395 g/mol. The summed E-state index contributed by atoms with van der Waals surface area (Å²) < 4.78 is 10.6. The Balaban J connectivity index is 1.42. The Labute approximate surface area is 170 Å². The van der Waals surface area contributed by atoms with E-state index in [-0.39, 0.29) is 25.2 Å². The monoisotopic (exact) mass is 395 g/mol. The topological polar surface area (TPSA) is 71.1 Å². The third-order valence-corrected chi connectivity index (χ3v) is 5.22. The molecule has 0 spiro atoms. The van der Waals surface area contributed by atoms with Crippen LogP contribution in [-0.4, -0.2) is 38.2 Å². The van der Waals surface area contributed by atoms with Crippen LogP contribution < -0.4 is 24.6 Å². The van der Waals surface area contributed by atoms with E-state index in [2.05, 4.69) is 10.2 Å². The number of nitrogens with one attached hydrogen (secondary N) is 1. The summed E-state index contributed by atoms with van der Waals surface area (Å²) in [5.41, 5.74) is 2.46. The zero-order valence-corrected chi connectivity index (χ0v) is 16.5. The molecule has 2 aromatic rings. The highest BCUT2D eigenvalue weighted by Crippen LogP contribution is 2.34. The van der Waals surface area contributed by atoms with E-state index in [1.165, 1.54) is 31.1 Å². The Hall–Kier alpha value is -3.22. The highest BCUT2D eigenvalue weighted by molar-refractivity contribution is 6.02. The number of ether oxygens (including phenoxy) is 2. The molecular formula is C22H25N3O4. The van der Waals surface area contributed by atoms with Gasteiger partial charge < -0.3 is 24.6 Å². The number of benzene rings is 2. The maximum absolute atomic E-state index is 12.5. The smallest absolute Gasteiger partial charge is 0.244 e. The molecule has 1 fully saturated rings. The summed E-state index contributed by atoms with van der Waals surface area (Å²) in [6.45, 7) is 3.71. The van der Waals surface area contributed by atoms with E-state index < -0.39 is 0 Å². The van der Waals surface area contributed by atoms with Gasteiger partial charge in [0.15, 0.2) is 11.5 Å². The Morgan fingerprint density at radius 3 is 2.45 bits per heavy atom. The fourth-order valence-electron chi connectivity index (χ4n) is 3.70. The van der Waals surface area contributed by atoms with Crippen molar-refractivity contribution in [2.75, 3.05) is 41.5 Å². The quantitative estimate of drug-likeness (QED) is 0.840. The highest BCUT2D eigenvalue weighted by atomic mass is 16.7. The molecule has 2 aliphatic heterocycles. The number of piperidine rings is 1. The van der Waals surface area contributed by atoms with Crippen LogP contribution in [0.1, 0.15) is 26.2 Å². The van der Waals surface area contributed by atoms with Gasteiger partial charge in [0.05, 0.1) is 0 Å². The second kappa shape index (κ2) is 8.43. The molecule has 0 aliphatic carbocycles. The molecule has 29 heavy (non-hydrogen) atoms. The van der Waals surface area contributed by atoms with Crippen LogP contribution in [0.3, 0.4) is 0 Å². The number of carbonyl (C=O) groups is 2. The van der Waals surface area contributed by atoms with Gasteiger partial charge in [0.1, 0.15) is 6.54 Å². The van der Waals surface area contributed by atoms with E-state index in [1.54, 1.807) is 18.2 Å². The summed E-state index contributed by atoms with van der Waals surface area (Å²) in [7, 11) is 0. The average Bonchev–Trinajstić information content (AvgIpc) is 3.20. The number of hydrogen-bond donors (Lipinski definition) is 1. The van der Waals surface area contributed by atoms with E-state index in [4.69, 9.17) is 9.47 Å². The minimum Gasteiger partial charge on any atom is -0.454 e. The lowest BCUT2D eigenvalue weighted by molar-refractivity contribution is -0.120. The number of hydrogen-bond acceptors (Lipinski definition) is 5. The van der Waals surface area contributed by atoms with E-state index in [1.807, 2.05) is 24.3 Å². The van der Waals surface area contributed by atoms with Gasteiger partial charge in [-0.15, -0.1) is 0 Å². The number of fused-ring (bicyclic) bond motifs is 1. The largest absolute Gasteiger partial charge is 0.454 e. The first-order chi connectivity index (χ1) is 14.1. The second-order valence-electron chi connectivity index (χ2n) is 7.29. The van der Waals surface area contributed by atoms with Gasteiger partial charge in [-0.1, -0.05) is 0 Å². The van der Waals surface area contributed by atoms with Crippen LogP contribution in [0, 0.1) is 0 Å². The van der Waals surface area contributed by atoms with Crippen LogP contribution in [0.15, 0.2) is 42.5 Å². The predicted octanol–water partition coefficient (Wildman–Crippen LogP) is 3.40. The molecule has 0 radical (unpaired) electrons. The molecule has 0 atom stereocenters. The van der Waals surface area contributed by atoms with Crippen molar-refractivity contribution < 1.29 is 19.1 Å². The van der Waals surface area contributed by atoms with Gasteiger partial charge in [-0.25, -0.2) is 0 Å². The van der Waals surface area contributed by atoms with Gasteiger partial charge in [-0.3, -0.25) is 9.59 Å². The van der Waals surface area contributed by atoms with Crippen molar-refractivity contribution >= 4 is 28.9 Å². The molecule has 7 nitrogen and oxygen atoms in total. The van der Waals surface area contributed by atoms with Gasteiger partial charge in [-0.05, 0) is 55.7 Å². The van der Waals surface area contributed by atoms with Crippen LogP contribution in [0.2, 0.25) is 0 Å². The van der Waals surface area contributed by atoms with E-state index in [0.717, 1.165) is 18.8 Å². The molecule has 0 saturated carbocycles. The third-order valence-electron chi connectivity index (χ3n) is 5.22. The first-order valence-electron chi connectivity index (χ1n) is 9.93. The number of amides is 2. The van der Waals surface area contributed by atoms with Crippen molar-refractivity contribution in [1.29, 1.82) is 0 Å². The minimum absolute atomic E-state index is 0.0627. The SMILES string of the molecule is CC(=O)N(CC(=O)Nc1ccc2c(c1)OCO2)c1ccc(N2CCCCC2)cc1. The molecule has 0 bridgehead atoms. The van der Waals surface area contributed by atoms with Crippen molar-refractivity contribution in [3.05, 3.63) is 42.5 Å². The molecule has 0 aromatic heterocycles. The zero-order valence-electron chi connectivity index (χ0n) is 16.5.